The highest BCUT2D eigenvalue weighted by atomic mass is 16.3. The zero-order valence-corrected chi connectivity index (χ0v) is 14.3. The van der Waals surface area contributed by atoms with Crippen LogP contribution < -0.4 is 5.32 Å². The summed E-state index contributed by atoms with van der Waals surface area (Å²) < 4.78 is 0. The second-order valence-corrected chi connectivity index (χ2v) is 7.27. The van der Waals surface area contributed by atoms with Gasteiger partial charge in [-0.25, -0.2) is 0 Å². The minimum Gasteiger partial charge on any atom is -0.380 e. The zero-order chi connectivity index (χ0) is 16.4. The number of benzene rings is 1. The van der Waals surface area contributed by atoms with Crippen LogP contribution in [0.1, 0.15) is 55.3 Å². The molecule has 0 aromatic heterocycles. The third kappa shape index (κ3) is 3.59. The van der Waals surface area contributed by atoms with Crippen LogP contribution in [0.2, 0.25) is 0 Å². The van der Waals surface area contributed by atoms with Crippen molar-refractivity contribution < 1.29 is 9.90 Å². The van der Waals surface area contributed by atoms with Crippen molar-refractivity contribution in [3.05, 3.63) is 34.9 Å². The summed E-state index contributed by atoms with van der Waals surface area (Å²) in [7, 11) is 2.02. The SMILES string of the molecule is C[C@H](NC(=O)C1(O)CCN(C)CC1)c1ccc2c(c1)CCCC2. The number of nitrogens with zero attached hydrogens (tertiary/aromatic N) is 1. The molecule has 23 heavy (non-hydrogen) atoms. The van der Waals surface area contributed by atoms with E-state index < -0.39 is 5.60 Å². The molecule has 2 N–H and O–H groups in total. The minimum absolute atomic E-state index is 0.0709. The summed E-state index contributed by atoms with van der Waals surface area (Å²) in [6, 6.07) is 6.49. The Morgan fingerprint density at radius 2 is 1.87 bits per heavy atom. The van der Waals surface area contributed by atoms with Crippen LogP contribution in [0.3, 0.4) is 0 Å². The van der Waals surface area contributed by atoms with Crippen LogP contribution in [-0.2, 0) is 17.6 Å². The summed E-state index contributed by atoms with van der Waals surface area (Å²) in [6.07, 6.45) is 5.85. The van der Waals surface area contributed by atoms with Crippen LogP contribution in [0.4, 0.5) is 0 Å². The topological polar surface area (TPSA) is 52.6 Å². The molecule has 0 spiro atoms. The van der Waals surface area contributed by atoms with Gasteiger partial charge >= 0.3 is 0 Å². The number of aryl methyl sites for hydroxylation is 2. The van der Waals surface area contributed by atoms with E-state index in [1.807, 2.05) is 14.0 Å². The van der Waals surface area contributed by atoms with Gasteiger partial charge in [-0.1, -0.05) is 18.2 Å². The fraction of sp³-hybridized carbons (Fsp3) is 0.632. The lowest BCUT2D eigenvalue weighted by molar-refractivity contribution is -0.145. The molecule has 1 saturated heterocycles. The summed E-state index contributed by atoms with van der Waals surface area (Å²) >= 11 is 0. The van der Waals surface area contributed by atoms with Gasteiger partial charge in [0.2, 0.25) is 0 Å². The van der Waals surface area contributed by atoms with Gasteiger partial charge in [-0.05, 0) is 69.2 Å². The second kappa shape index (κ2) is 6.62. The van der Waals surface area contributed by atoms with Crippen molar-refractivity contribution in [2.45, 2.75) is 57.1 Å². The third-order valence-corrected chi connectivity index (χ3v) is 5.46. The number of fused-ring (bicyclic) bond motifs is 1. The van der Waals surface area contributed by atoms with Gasteiger partial charge in [0.25, 0.3) is 5.91 Å². The van der Waals surface area contributed by atoms with Crippen molar-refractivity contribution in [2.24, 2.45) is 0 Å². The van der Waals surface area contributed by atoms with Crippen molar-refractivity contribution in [3.8, 4) is 0 Å². The molecule has 1 aromatic rings. The largest absolute Gasteiger partial charge is 0.380 e. The number of hydrogen-bond acceptors (Lipinski definition) is 3. The first-order chi connectivity index (χ1) is 11.0. The van der Waals surface area contributed by atoms with Crippen molar-refractivity contribution in [1.29, 1.82) is 0 Å². The Bertz CT molecular complexity index is 577. The molecule has 4 heteroatoms. The predicted molar refractivity (Wildman–Crippen MR) is 91.3 cm³/mol. The first-order valence-electron chi connectivity index (χ1n) is 8.81. The van der Waals surface area contributed by atoms with Gasteiger partial charge in [0.1, 0.15) is 5.60 Å². The van der Waals surface area contributed by atoms with E-state index in [1.54, 1.807) is 0 Å². The van der Waals surface area contributed by atoms with E-state index in [4.69, 9.17) is 0 Å². The van der Waals surface area contributed by atoms with Crippen molar-refractivity contribution in [2.75, 3.05) is 20.1 Å². The third-order valence-electron chi connectivity index (χ3n) is 5.46. The summed E-state index contributed by atoms with van der Waals surface area (Å²) in [5.41, 5.74) is 2.80. The van der Waals surface area contributed by atoms with Crippen LogP contribution in [0.5, 0.6) is 0 Å². The van der Waals surface area contributed by atoms with Gasteiger partial charge in [0.05, 0.1) is 6.04 Å². The molecule has 0 bridgehead atoms. The number of likely N-dealkylation sites (tertiary alicyclic amines) is 1. The highest BCUT2D eigenvalue weighted by Crippen LogP contribution is 2.26. The molecular weight excluding hydrogens is 288 g/mol. The number of piperidine rings is 1. The Morgan fingerprint density at radius 1 is 1.22 bits per heavy atom. The van der Waals surface area contributed by atoms with Crippen LogP contribution in [0.25, 0.3) is 0 Å². The number of amides is 1. The molecule has 1 heterocycles. The van der Waals surface area contributed by atoms with Crippen molar-refractivity contribution >= 4 is 5.91 Å². The molecule has 0 radical (unpaired) electrons. The van der Waals surface area contributed by atoms with Crippen LogP contribution in [0, 0.1) is 0 Å². The first-order valence-corrected chi connectivity index (χ1v) is 8.81. The average Bonchev–Trinajstić information content (AvgIpc) is 2.57. The summed E-state index contributed by atoms with van der Waals surface area (Å²) in [5.74, 6) is -0.226. The van der Waals surface area contributed by atoms with E-state index >= 15 is 0 Å². The molecule has 0 saturated carbocycles. The highest BCUT2D eigenvalue weighted by molar-refractivity contribution is 5.85. The molecule has 2 aliphatic rings. The minimum atomic E-state index is -1.21. The molecule has 4 nitrogen and oxygen atoms in total. The molecule has 1 atom stereocenters. The molecule has 3 rings (SSSR count). The summed E-state index contributed by atoms with van der Waals surface area (Å²) in [5, 5.41) is 13.6. The average molecular weight is 316 g/mol. The lowest BCUT2D eigenvalue weighted by atomic mass is 9.88. The highest BCUT2D eigenvalue weighted by Gasteiger charge is 2.39. The number of hydrogen-bond donors (Lipinski definition) is 2. The number of nitrogens with one attached hydrogen (secondary N) is 1. The standard InChI is InChI=1S/C19H28N2O2/c1-14(16-8-7-15-5-3-4-6-17(15)13-16)20-18(22)19(23)9-11-21(2)12-10-19/h7-8,13-14,23H,3-6,9-12H2,1-2H3,(H,20,22)/t14-/m0/s1. The van der Waals surface area contributed by atoms with Gasteiger partial charge in [-0.2, -0.15) is 0 Å². The molecule has 126 valence electrons. The second-order valence-electron chi connectivity index (χ2n) is 7.27. The number of carbonyl (C=O) groups is 1. The lowest BCUT2D eigenvalue weighted by Crippen LogP contribution is -2.53. The molecule has 1 aromatic carbocycles. The molecule has 1 aliphatic heterocycles. The van der Waals surface area contributed by atoms with Crippen LogP contribution in [0.15, 0.2) is 18.2 Å². The Labute approximate surface area is 138 Å². The first kappa shape index (κ1) is 16.5. The lowest BCUT2D eigenvalue weighted by Gasteiger charge is -2.36. The smallest absolute Gasteiger partial charge is 0.252 e. The van der Waals surface area contributed by atoms with E-state index in [1.165, 1.54) is 30.4 Å². The monoisotopic (exact) mass is 316 g/mol. The van der Waals surface area contributed by atoms with Crippen LogP contribution in [-0.4, -0.2) is 41.7 Å². The maximum absolute atomic E-state index is 12.5. The fourth-order valence-electron chi connectivity index (χ4n) is 3.65. The van der Waals surface area contributed by atoms with Gasteiger partial charge in [-0.3, -0.25) is 4.79 Å². The van der Waals surface area contributed by atoms with E-state index in [-0.39, 0.29) is 11.9 Å². The number of aliphatic hydroxyl groups is 1. The van der Waals surface area contributed by atoms with Gasteiger partial charge in [0, 0.05) is 13.1 Å². The fourth-order valence-corrected chi connectivity index (χ4v) is 3.65. The predicted octanol–water partition coefficient (Wildman–Crippen LogP) is 2.20. The molecule has 1 aliphatic carbocycles. The normalized spacial score (nSPS) is 22.2. The summed E-state index contributed by atoms with van der Waals surface area (Å²) in [4.78, 5) is 14.7. The summed E-state index contributed by atoms with van der Waals surface area (Å²) in [6.45, 7) is 3.52. The van der Waals surface area contributed by atoms with E-state index in [0.29, 0.717) is 12.8 Å². The quantitative estimate of drug-likeness (QED) is 0.899. The Morgan fingerprint density at radius 3 is 2.57 bits per heavy atom. The van der Waals surface area contributed by atoms with Crippen LogP contribution >= 0.6 is 0 Å². The van der Waals surface area contributed by atoms with Gasteiger partial charge in [-0.15, -0.1) is 0 Å². The molecule has 1 fully saturated rings. The van der Waals surface area contributed by atoms with Crippen molar-refractivity contribution in [1.82, 2.24) is 10.2 Å². The van der Waals surface area contributed by atoms with E-state index in [2.05, 4.69) is 28.4 Å². The maximum Gasteiger partial charge on any atom is 0.252 e. The maximum atomic E-state index is 12.5. The number of carbonyl (C=O) groups excluding carboxylic acids is 1. The molecule has 1 amide bonds. The molecular formula is C19H28N2O2. The van der Waals surface area contributed by atoms with E-state index in [0.717, 1.165) is 25.1 Å². The van der Waals surface area contributed by atoms with Gasteiger partial charge < -0.3 is 15.3 Å². The zero-order valence-electron chi connectivity index (χ0n) is 14.3. The van der Waals surface area contributed by atoms with Crippen molar-refractivity contribution in [3.63, 3.8) is 0 Å². The Balaban J connectivity index is 1.66. The van der Waals surface area contributed by atoms with Gasteiger partial charge in [0.15, 0.2) is 0 Å². The number of rotatable bonds is 3. The van der Waals surface area contributed by atoms with E-state index in [9.17, 15) is 9.90 Å². The Kier molecular flexibility index (Phi) is 4.74. The molecule has 0 unspecified atom stereocenters. The Hall–Kier alpha value is -1.39.